The number of carbonyl (C=O) groups excluding carboxylic acids is 6. The van der Waals surface area contributed by atoms with Gasteiger partial charge in [-0.1, -0.05) is 12.8 Å². The zero-order chi connectivity index (χ0) is 28.6. The van der Waals surface area contributed by atoms with Gasteiger partial charge >= 0.3 is 18.0 Å². The van der Waals surface area contributed by atoms with E-state index in [4.69, 9.17) is 10.0 Å². The minimum atomic E-state index is -0.554. The largest absolute Gasteiger partial charge is 0.333 e. The Kier molecular flexibility index (Phi) is 10.8. The van der Waals surface area contributed by atoms with Crippen LogP contribution in [0.5, 0.6) is 0 Å². The molecular weight excluding hydrogens is 564 g/mol. The van der Waals surface area contributed by atoms with E-state index in [1.165, 1.54) is 0 Å². The molecule has 0 radical (unpaired) electrons. The summed E-state index contributed by atoms with van der Waals surface area (Å²) in [4.78, 5) is 72.4. The van der Waals surface area contributed by atoms with E-state index in [0.29, 0.717) is 28.4 Å². The molecule has 0 aromatic rings. The number of carbonyl (C=O) groups is 6. The van der Waals surface area contributed by atoms with Crippen molar-refractivity contribution in [2.45, 2.75) is 98.9 Å². The lowest BCUT2D eigenvalue weighted by atomic mass is 10.0. The molecule has 5 aliphatic rings. The quantitative estimate of drug-likeness (QED) is 0.0640. The van der Waals surface area contributed by atoms with Crippen LogP contribution < -0.4 is 26.7 Å². The van der Waals surface area contributed by atoms with Crippen LogP contribution in [0.3, 0.4) is 0 Å². The zero-order valence-corrected chi connectivity index (χ0v) is 23.7. The van der Waals surface area contributed by atoms with Crippen LogP contribution in [0.2, 0.25) is 0 Å². The molecule has 6 atom stereocenters. The van der Waals surface area contributed by atoms with E-state index in [0.717, 1.165) is 43.6 Å². The third kappa shape index (κ3) is 7.94. The smallest absolute Gasteiger partial charge is 0.332 e. The molecule has 0 unspecified atom stereocenters. The summed E-state index contributed by atoms with van der Waals surface area (Å²) in [6.45, 7) is 0. The lowest BCUT2D eigenvalue weighted by Gasteiger charge is -2.16. The van der Waals surface area contributed by atoms with Crippen LogP contribution in [0.15, 0.2) is 0 Å². The Bertz CT molecular complexity index is 986. The number of urea groups is 2. The van der Waals surface area contributed by atoms with Crippen molar-refractivity contribution in [3.05, 3.63) is 0 Å². The van der Waals surface area contributed by atoms with Crippen LogP contribution >= 0.6 is 23.5 Å². The second-order valence-electron chi connectivity index (χ2n) is 10.3. The summed E-state index contributed by atoms with van der Waals surface area (Å²) in [5.41, 5.74) is 1.63. The number of imide groups is 1. The first-order valence-corrected chi connectivity index (χ1v) is 15.7. The number of rotatable bonds is 11. The molecule has 0 saturated carbocycles. The molecule has 40 heavy (non-hydrogen) atoms. The van der Waals surface area contributed by atoms with E-state index in [-0.39, 0.29) is 61.4 Å². The number of nitrogens with zero attached hydrogens (tertiary/aromatic N) is 1. The molecule has 0 aromatic carbocycles. The summed E-state index contributed by atoms with van der Waals surface area (Å²) >= 11 is 3.70. The van der Waals surface area contributed by atoms with Crippen molar-refractivity contribution in [1.29, 1.82) is 0 Å². The van der Waals surface area contributed by atoms with Gasteiger partial charge in [-0.05, 0) is 25.7 Å². The van der Waals surface area contributed by atoms with Crippen LogP contribution in [-0.4, -0.2) is 92.2 Å². The van der Waals surface area contributed by atoms with Crippen LogP contribution in [0, 0.1) is 0 Å². The highest BCUT2D eigenvalue weighted by Crippen LogP contribution is 2.34. The van der Waals surface area contributed by atoms with Crippen molar-refractivity contribution in [2.24, 2.45) is 0 Å². The number of amides is 7. The van der Waals surface area contributed by atoms with Crippen molar-refractivity contribution >= 4 is 59.3 Å². The zero-order valence-electron chi connectivity index (χ0n) is 22.0. The van der Waals surface area contributed by atoms with Crippen molar-refractivity contribution in [2.75, 3.05) is 11.5 Å². The molecule has 5 saturated heterocycles. The summed E-state index contributed by atoms with van der Waals surface area (Å²) in [5, 5.41) is 21.4. The average molecular weight is 601 g/mol. The van der Waals surface area contributed by atoms with Crippen LogP contribution in [0.25, 0.3) is 0 Å². The van der Waals surface area contributed by atoms with Crippen molar-refractivity contribution in [1.82, 2.24) is 31.8 Å². The molecule has 6 N–H and O–H groups in total. The molecule has 16 heteroatoms. The van der Waals surface area contributed by atoms with E-state index >= 15 is 0 Å². The van der Waals surface area contributed by atoms with Gasteiger partial charge in [0.2, 0.25) is 5.91 Å². The molecule has 5 rings (SSSR count). The first-order valence-electron chi connectivity index (χ1n) is 13.6. The van der Waals surface area contributed by atoms with E-state index in [1.54, 1.807) is 5.48 Å². The van der Waals surface area contributed by atoms with Gasteiger partial charge in [0.05, 0.1) is 24.2 Å². The van der Waals surface area contributed by atoms with Gasteiger partial charge in [0.25, 0.3) is 11.8 Å². The number of hydrogen-bond donors (Lipinski definition) is 6. The number of fused-ring (bicyclic) bond motifs is 2. The van der Waals surface area contributed by atoms with Crippen LogP contribution in [-0.2, 0) is 24.0 Å². The van der Waals surface area contributed by atoms with E-state index < -0.39 is 17.8 Å². The number of thioether (sulfide) groups is 2. The highest BCUT2D eigenvalue weighted by Gasteiger charge is 2.43. The first-order chi connectivity index (χ1) is 19.2. The standard InChI is InChI=1S/C14H19N3O5S.C10H17N3O3S/c18-10-5-6-11(19)17(10)22-12(20)4-2-1-3-9-13-8(7-23-9)15-14(21)16-13;14-8(13-16)4-2-1-3-7-9-6(5-17-7)11-10(15)12-9/h8-9,13H,1-7H2,(H2,15,16,21);6-7,9,16H,1-5H2,(H,13,14)(H2,11,12,15)/t8-,9-,13-;6-,7-,9-/m00/s1. The number of nitrogens with one attached hydrogen (secondary N) is 5. The molecule has 0 bridgehead atoms. The second-order valence-corrected chi connectivity index (χ2v) is 12.9. The normalized spacial score (nSPS) is 30.0. The van der Waals surface area contributed by atoms with Crippen LogP contribution in [0.1, 0.15) is 64.2 Å². The molecule has 5 fully saturated rings. The number of unbranched alkanes of at least 4 members (excludes halogenated alkanes) is 2. The Morgan fingerprint density at radius 2 is 1.30 bits per heavy atom. The first kappa shape index (κ1) is 30.2. The molecule has 7 amide bonds. The molecule has 0 aliphatic carbocycles. The van der Waals surface area contributed by atoms with E-state index in [2.05, 4.69) is 21.3 Å². The van der Waals surface area contributed by atoms with Crippen molar-refractivity contribution < 1.29 is 38.8 Å². The average Bonchev–Trinajstić information content (AvgIpc) is 3.72. The van der Waals surface area contributed by atoms with Gasteiger partial charge in [-0.2, -0.15) is 23.5 Å². The van der Waals surface area contributed by atoms with Gasteiger partial charge in [-0.15, -0.1) is 5.06 Å². The van der Waals surface area contributed by atoms with Gasteiger partial charge in [-0.3, -0.25) is 19.6 Å². The number of hydrogen-bond acceptors (Lipinski definition) is 10. The predicted octanol–water partition coefficient (Wildman–Crippen LogP) is 0.537. The molecule has 0 spiro atoms. The molecule has 5 heterocycles. The Hall–Kier alpha value is -2.72. The van der Waals surface area contributed by atoms with Crippen molar-refractivity contribution in [3.63, 3.8) is 0 Å². The molecule has 5 aliphatic heterocycles. The van der Waals surface area contributed by atoms with E-state index in [9.17, 15) is 28.8 Å². The maximum absolute atomic E-state index is 11.7. The van der Waals surface area contributed by atoms with Crippen LogP contribution in [0.4, 0.5) is 9.59 Å². The Morgan fingerprint density at radius 3 is 1.80 bits per heavy atom. The highest BCUT2D eigenvalue weighted by atomic mass is 32.2. The summed E-state index contributed by atoms with van der Waals surface area (Å²) in [6.07, 6.45) is 5.79. The summed E-state index contributed by atoms with van der Waals surface area (Å²) in [6, 6.07) is 0.699. The van der Waals surface area contributed by atoms with Gasteiger partial charge in [0.15, 0.2) is 0 Å². The maximum atomic E-state index is 11.7. The van der Waals surface area contributed by atoms with Gasteiger partial charge in [-0.25, -0.2) is 19.9 Å². The lowest BCUT2D eigenvalue weighted by molar-refractivity contribution is -0.197. The van der Waals surface area contributed by atoms with Gasteiger partial charge < -0.3 is 26.1 Å². The van der Waals surface area contributed by atoms with E-state index in [1.807, 2.05) is 23.5 Å². The molecule has 14 nitrogen and oxygen atoms in total. The minimum Gasteiger partial charge on any atom is -0.332 e. The third-order valence-corrected chi connectivity index (χ3v) is 10.5. The monoisotopic (exact) mass is 600 g/mol. The summed E-state index contributed by atoms with van der Waals surface area (Å²) < 4.78 is 0. The molecular formula is C24H36N6O8S2. The summed E-state index contributed by atoms with van der Waals surface area (Å²) in [5.74, 6) is 0.0714. The maximum Gasteiger partial charge on any atom is 0.333 e. The summed E-state index contributed by atoms with van der Waals surface area (Å²) in [7, 11) is 0. The SMILES string of the molecule is O=C(CCCC[C@@H]1SC[C@@H]2NC(=O)N[C@@H]21)NO.O=C1N[C@H]2[C@H](CS[C@H]2CCCCC(=O)ON2C(=O)CCC2=O)N1. The lowest BCUT2D eigenvalue weighted by Crippen LogP contribution is -2.36. The fourth-order valence-corrected chi connectivity index (χ4v) is 8.48. The fraction of sp³-hybridized carbons (Fsp3) is 0.750. The second kappa shape index (κ2) is 14.3. The Morgan fingerprint density at radius 1 is 0.800 bits per heavy atom. The van der Waals surface area contributed by atoms with Crippen molar-refractivity contribution in [3.8, 4) is 0 Å². The fourth-order valence-electron chi connectivity index (χ4n) is 5.39. The Labute approximate surface area is 240 Å². The molecule has 222 valence electrons. The molecule has 0 aromatic heterocycles. The highest BCUT2D eigenvalue weighted by molar-refractivity contribution is 8.00. The third-order valence-electron chi connectivity index (χ3n) is 7.46. The minimum absolute atomic E-state index is 0.0649. The number of hydroxylamine groups is 3. The Balaban J connectivity index is 0.000000194. The van der Waals surface area contributed by atoms with Gasteiger partial charge in [0, 0.05) is 47.7 Å². The van der Waals surface area contributed by atoms with Gasteiger partial charge in [0.1, 0.15) is 0 Å². The topological polar surface area (TPSA) is 195 Å². The predicted molar refractivity (Wildman–Crippen MR) is 145 cm³/mol.